The molecule has 0 aromatic heterocycles. The molecule has 5 heteroatoms. The van der Waals surface area contributed by atoms with Crippen LogP contribution in [0.5, 0.6) is 11.5 Å². The van der Waals surface area contributed by atoms with Gasteiger partial charge in [0.1, 0.15) is 17.3 Å². The van der Waals surface area contributed by atoms with Crippen LogP contribution in [0, 0.1) is 11.7 Å². The Labute approximate surface area is 171 Å². The summed E-state index contributed by atoms with van der Waals surface area (Å²) in [7, 11) is 1.52. The topological polar surface area (TPSA) is 64.7 Å². The van der Waals surface area contributed by atoms with Crippen molar-refractivity contribution in [3.8, 4) is 11.5 Å². The standard InChI is InChI=1S/C24H30FNO3/c1-28-22-10-21(25)11-23(12-22)29-14-16-2-3-18-9-19(5-4-17(18)8-16)20-6-7-24(26,13-20)15-27/h4-5,9-12,16,20,27H,2-3,6-8,13-15,26H2,1H3/t16?,20-,24+/m0/s1. The minimum absolute atomic E-state index is 0.0628. The third-order valence-corrected chi connectivity index (χ3v) is 6.56. The lowest BCUT2D eigenvalue weighted by molar-refractivity contribution is 0.198. The van der Waals surface area contributed by atoms with Crippen molar-refractivity contribution in [3.05, 3.63) is 58.9 Å². The second-order valence-electron chi connectivity index (χ2n) is 8.73. The SMILES string of the molecule is COc1cc(F)cc(OCC2CCc3cc([C@H]4CC[C@](N)(CO)C4)ccc3C2)c1. The highest BCUT2D eigenvalue weighted by atomic mass is 19.1. The van der Waals surface area contributed by atoms with Crippen LogP contribution in [0.3, 0.4) is 0 Å². The molecule has 156 valence electrons. The zero-order valence-corrected chi connectivity index (χ0v) is 17.0. The average Bonchev–Trinajstić information content (AvgIpc) is 3.14. The Hall–Kier alpha value is -2.11. The highest BCUT2D eigenvalue weighted by Gasteiger charge is 2.36. The van der Waals surface area contributed by atoms with Crippen molar-refractivity contribution in [2.75, 3.05) is 20.3 Å². The van der Waals surface area contributed by atoms with Crippen LogP contribution in [0.1, 0.15) is 48.3 Å². The summed E-state index contributed by atoms with van der Waals surface area (Å²) in [4.78, 5) is 0. The molecule has 3 N–H and O–H groups in total. The number of aliphatic hydroxyl groups excluding tert-OH is 1. The fourth-order valence-corrected chi connectivity index (χ4v) is 4.78. The van der Waals surface area contributed by atoms with Gasteiger partial charge in [-0.05, 0) is 67.1 Å². The molecular formula is C24H30FNO3. The van der Waals surface area contributed by atoms with Crippen molar-refractivity contribution in [1.82, 2.24) is 0 Å². The van der Waals surface area contributed by atoms with Crippen LogP contribution in [0.2, 0.25) is 0 Å². The number of rotatable bonds is 6. The van der Waals surface area contributed by atoms with Gasteiger partial charge in [-0.1, -0.05) is 18.2 Å². The molecule has 2 aromatic rings. The predicted octanol–water partition coefficient (Wildman–Crippen LogP) is 3.98. The van der Waals surface area contributed by atoms with Gasteiger partial charge in [0.25, 0.3) is 0 Å². The summed E-state index contributed by atoms with van der Waals surface area (Å²) in [6.45, 7) is 0.635. The lowest BCUT2D eigenvalue weighted by Crippen LogP contribution is -2.40. The number of fused-ring (bicyclic) bond motifs is 1. The molecule has 3 atom stereocenters. The number of aliphatic hydroxyl groups is 1. The second-order valence-corrected chi connectivity index (χ2v) is 8.73. The van der Waals surface area contributed by atoms with Crippen molar-refractivity contribution in [1.29, 1.82) is 0 Å². The summed E-state index contributed by atoms with van der Waals surface area (Å²) < 4.78 is 24.6. The molecule has 1 fully saturated rings. The van der Waals surface area contributed by atoms with Crippen molar-refractivity contribution < 1.29 is 19.0 Å². The predicted molar refractivity (Wildman–Crippen MR) is 111 cm³/mol. The molecule has 2 aliphatic rings. The second kappa shape index (κ2) is 8.33. The van der Waals surface area contributed by atoms with E-state index in [9.17, 15) is 9.50 Å². The molecular weight excluding hydrogens is 369 g/mol. The molecule has 0 amide bonds. The van der Waals surface area contributed by atoms with E-state index in [1.165, 1.54) is 35.9 Å². The number of hydrogen-bond acceptors (Lipinski definition) is 4. The summed E-state index contributed by atoms with van der Waals surface area (Å²) in [5.74, 6) is 1.49. The molecule has 2 aliphatic carbocycles. The van der Waals surface area contributed by atoms with Crippen molar-refractivity contribution >= 4 is 0 Å². The van der Waals surface area contributed by atoms with E-state index in [0.29, 0.717) is 29.9 Å². The number of nitrogens with two attached hydrogens (primary N) is 1. The lowest BCUT2D eigenvalue weighted by Gasteiger charge is -2.26. The molecule has 0 aliphatic heterocycles. The largest absolute Gasteiger partial charge is 0.497 e. The van der Waals surface area contributed by atoms with Gasteiger partial charge in [-0.2, -0.15) is 0 Å². The van der Waals surface area contributed by atoms with Gasteiger partial charge in [-0.3, -0.25) is 0 Å². The van der Waals surface area contributed by atoms with Gasteiger partial charge >= 0.3 is 0 Å². The first-order valence-electron chi connectivity index (χ1n) is 10.5. The normalized spacial score (nSPS) is 26.2. The maximum absolute atomic E-state index is 13.6. The smallest absolute Gasteiger partial charge is 0.130 e. The first-order chi connectivity index (χ1) is 14.0. The summed E-state index contributed by atoms with van der Waals surface area (Å²) >= 11 is 0. The average molecular weight is 400 g/mol. The summed E-state index contributed by atoms with van der Waals surface area (Å²) in [5.41, 5.74) is 9.99. The van der Waals surface area contributed by atoms with Crippen LogP contribution in [-0.4, -0.2) is 31.0 Å². The molecule has 0 bridgehead atoms. The van der Waals surface area contributed by atoms with Crippen LogP contribution in [-0.2, 0) is 12.8 Å². The van der Waals surface area contributed by atoms with Crippen LogP contribution in [0.25, 0.3) is 0 Å². The fourth-order valence-electron chi connectivity index (χ4n) is 4.78. The first-order valence-corrected chi connectivity index (χ1v) is 10.5. The fraction of sp³-hybridized carbons (Fsp3) is 0.500. The molecule has 2 aromatic carbocycles. The van der Waals surface area contributed by atoms with E-state index in [1.54, 1.807) is 6.07 Å². The molecule has 0 radical (unpaired) electrons. The highest BCUT2D eigenvalue weighted by Crippen LogP contribution is 2.40. The van der Waals surface area contributed by atoms with E-state index >= 15 is 0 Å². The van der Waals surface area contributed by atoms with E-state index < -0.39 is 5.54 Å². The first kappa shape index (κ1) is 20.2. The van der Waals surface area contributed by atoms with Gasteiger partial charge in [0, 0.05) is 23.7 Å². The van der Waals surface area contributed by atoms with Crippen LogP contribution in [0.4, 0.5) is 4.39 Å². The molecule has 4 rings (SSSR count). The Morgan fingerprint density at radius 2 is 1.97 bits per heavy atom. The third-order valence-electron chi connectivity index (χ3n) is 6.56. The molecule has 0 spiro atoms. The van der Waals surface area contributed by atoms with E-state index in [4.69, 9.17) is 15.2 Å². The Balaban J connectivity index is 1.38. The highest BCUT2D eigenvalue weighted by molar-refractivity contribution is 5.37. The number of hydrogen-bond donors (Lipinski definition) is 2. The summed E-state index contributed by atoms with van der Waals surface area (Å²) in [6, 6.07) is 11.3. The Kier molecular flexibility index (Phi) is 5.79. The molecule has 0 heterocycles. The molecule has 0 saturated heterocycles. The Morgan fingerprint density at radius 3 is 2.72 bits per heavy atom. The minimum atomic E-state index is -0.414. The number of aryl methyl sites for hydroxylation is 1. The van der Waals surface area contributed by atoms with Gasteiger partial charge in [0.15, 0.2) is 0 Å². The van der Waals surface area contributed by atoms with Crippen molar-refractivity contribution in [2.45, 2.75) is 50.0 Å². The molecule has 4 nitrogen and oxygen atoms in total. The zero-order chi connectivity index (χ0) is 20.4. The van der Waals surface area contributed by atoms with E-state index in [2.05, 4.69) is 18.2 Å². The van der Waals surface area contributed by atoms with E-state index in [-0.39, 0.29) is 12.4 Å². The number of benzene rings is 2. The lowest BCUT2D eigenvalue weighted by atomic mass is 9.82. The van der Waals surface area contributed by atoms with Gasteiger partial charge in [0.2, 0.25) is 0 Å². The van der Waals surface area contributed by atoms with Crippen LogP contribution >= 0.6 is 0 Å². The minimum Gasteiger partial charge on any atom is -0.497 e. The monoisotopic (exact) mass is 399 g/mol. The van der Waals surface area contributed by atoms with Crippen molar-refractivity contribution in [2.24, 2.45) is 11.7 Å². The Morgan fingerprint density at radius 1 is 1.14 bits per heavy atom. The quantitative estimate of drug-likeness (QED) is 0.771. The van der Waals surface area contributed by atoms with Gasteiger partial charge in [0.05, 0.1) is 20.3 Å². The Bertz CT molecular complexity index is 871. The van der Waals surface area contributed by atoms with E-state index in [0.717, 1.165) is 38.5 Å². The van der Waals surface area contributed by atoms with Gasteiger partial charge in [-0.15, -0.1) is 0 Å². The number of halogens is 1. The summed E-state index contributed by atoms with van der Waals surface area (Å²) in [6.07, 6.45) is 5.86. The third kappa shape index (κ3) is 4.57. The van der Waals surface area contributed by atoms with Gasteiger partial charge in [-0.25, -0.2) is 4.39 Å². The molecule has 1 unspecified atom stereocenters. The number of ether oxygens (including phenoxy) is 2. The van der Waals surface area contributed by atoms with Crippen molar-refractivity contribution in [3.63, 3.8) is 0 Å². The van der Waals surface area contributed by atoms with Crippen LogP contribution in [0.15, 0.2) is 36.4 Å². The van der Waals surface area contributed by atoms with Gasteiger partial charge < -0.3 is 20.3 Å². The van der Waals surface area contributed by atoms with Crippen LogP contribution < -0.4 is 15.2 Å². The van der Waals surface area contributed by atoms with E-state index in [1.807, 2.05) is 0 Å². The zero-order valence-electron chi connectivity index (χ0n) is 17.0. The molecule has 29 heavy (non-hydrogen) atoms. The summed E-state index contributed by atoms with van der Waals surface area (Å²) in [5, 5.41) is 9.52. The maximum Gasteiger partial charge on any atom is 0.130 e. The number of methoxy groups -OCH3 is 1. The molecule has 1 saturated carbocycles. The maximum atomic E-state index is 13.6.